The molecule has 1 saturated carbocycles. The Bertz CT molecular complexity index is 419. The lowest BCUT2D eigenvalue weighted by Crippen LogP contribution is -2.37. The van der Waals surface area contributed by atoms with Crippen molar-refractivity contribution in [3.05, 3.63) is 18.7 Å². The van der Waals surface area contributed by atoms with Gasteiger partial charge in [-0.1, -0.05) is 0 Å². The molecule has 5 heteroatoms. The van der Waals surface area contributed by atoms with Crippen LogP contribution in [0, 0.1) is 11.8 Å². The predicted octanol–water partition coefficient (Wildman–Crippen LogP) is 1.17. The number of carboxylic acids is 1. The molecule has 2 aliphatic rings. The maximum absolute atomic E-state index is 11.3. The molecule has 1 aliphatic heterocycles. The van der Waals surface area contributed by atoms with Gasteiger partial charge in [0.05, 0.1) is 24.0 Å². The number of nitrogens with zero attached hydrogens (tertiary/aromatic N) is 3. The van der Waals surface area contributed by atoms with Crippen LogP contribution in [0.2, 0.25) is 0 Å². The second-order valence-corrected chi connectivity index (χ2v) is 4.85. The Kier molecular flexibility index (Phi) is 2.46. The fourth-order valence-electron chi connectivity index (χ4n) is 2.85. The highest BCUT2D eigenvalue weighted by Gasteiger charge is 2.47. The molecule has 1 N–H and O–H groups in total. The van der Waals surface area contributed by atoms with E-state index in [0.717, 1.165) is 31.5 Å². The first-order chi connectivity index (χ1) is 8.27. The van der Waals surface area contributed by atoms with Gasteiger partial charge in [-0.25, -0.2) is 9.97 Å². The second kappa shape index (κ2) is 3.98. The molecule has 0 unspecified atom stereocenters. The Balaban J connectivity index is 1.87. The van der Waals surface area contributed by atoms with Crippen LogP contribution in [0.3, 0.4) is 0 Å². The van der Waals surface area contributed by atoms with Crippen LogP contribution in [0.15, 0.2) is 18.7 Å². The lowest BCUT2D eigenvalue weighted by atomic mass is 9.96. The summed E-state index contributed by atoms with van der Waals surface area (Å²) in [5.74, 6) is -0.359. The van der Waals surface area contributed by atoms with Gasteiger partial charge in [0.2, 0.25) is 0 Å². The van der Waals surface area contributed by atoms with E-state index < -0.39 is 5.97 Å². The summed E-state index contributed by atoms with van der Waals surface area (Å²) < 4.78 is 0. The van der Waals surface area contributed by atoms with Crippen LogP contribution in [0.4, 0.5) is 5.69 Å². The van der Waals surface area contributed by atoms with Gasteiger partial charge in [-0.05, 0) is 25.2 Å². The highest BCUT2D eigenvalue weighted by molar-refractivity contribution is 5.73. The van der Waals surface area contributed by atoms with Crippen molar-refractivity contribution in [2.24, 2.45) is 11.8 Å². The molecule has 1 saturated heterocycles. The summed E-state index contributed by atoms with van der Waals surface area (Å²) >= 11 is 0. The van der Waals surface area contributed by atoms with Gasteiger partial charge in [-0.3, -0.25) is 4.79 Å². The molecule has 2 heterocycles. The largest absolute Gasteiger partial charge is 0.481 e. The maximum Gasteiger partial charge on any atom is 0.308 e. The lowest BCUT2D eigenvalue weighted by Gasteiger charge is -2.28. The van der Waals surface area contributed by atoms with E-state index in [-0.39, 0.29) is 12.0 Å². The summed E-state index contributed by atoms with van der Waals surface area (Å²) in [5, 5.41) is 9.27. The van der Waals surface area contributed by atoms with Crippen molar-refractivity contribution in [3.63, 3.8) is 0 Å². The SMILES string of the molecule is O=C(O)[C@H]1CCN(c2cncnc2)[C@@H]1C1CC1. The van der Waals surface area contributed by atoms with Crippen LogP contribution in [0.25, 0.3) is 0 Å². The minimum Gasteiger partial charge on any atom is -0.481 e. The molecule has 0 bridgehead atoms. The van der Waals surface area contributed by atoms with Crippen molar-refractivity contribution in [3.8, 4) is 0 Å². The van der Waals surface area contributed by atoms with E-state index in [2.05, 4.69) is 14.9 Å². The molecule has 1 aromatic heterocycles. The van der Waals surface area contributed by atoms with Gasteiger partial charge >= 0.3 is 5.97 Å². The first-order valence-electron chi connectivity index (χ1n) is 6.02. The molecule has 1 aromatic rings. The lowest BCUT2D eigenvalue weighted by molar-refractivity contribution is -0.142. The van der Waals surface area contributed by atoms with Gasteiger partial charge < -0.3 is 10.0 Å². The van der Waals surface area contributed by atoms with Crippen molar-refractivity contribution < 1.29 is 9.90 Å². The summed E-state index contributed by atoms with van der Waals surface area (Å²) in [7, 11) is 0. The number of anilines is 1. The zero-order chi connectivity index (χ0) is 11.8. The van der Waals surface area contributed by atoms with Crippen LogP contribution >= 0.6 is 0 Å². The molecule has 0 spiro atoms. The first-order valence-corrected chi connectivity index (χ1v) is 6.02. The monoisotopic (exact) mass is 233 g/mol. The molecular formula is C12H15N3O2. The Hall–Kier alpha value is -1.65. The molecule has 1 aliphatic carbocycles. The fraction of sp³-hybridized carbons (Fsp3) is 0.583. The van der Waals surface area contributed by atoms with Crippen LogP contribution in [-0.2, 0) is 4.79 Å². The fourth-order valence-corrected chi connectivity index (χ4v) is 2.85. The highest BCUT2D eigenvalue weighted by Crippen LogP contribution is 2.44. The zero-order valence-corrected chi connectivity index (χ0v) is 9.49. The molecular weight excluding hydrogens is 218 g/mol. The van der Waals surface area contributed by atoms with Crippen molar-refractivity contribution in [2.45, 2.75) is 25.3 Å². The van der Waals surface area contributed by atoms with E-state index >= 15 is 0 Å². The number of hydrogen-bond acceptors (Lipinski definition) is 4. The third kappa shape index (κ3) is 1.85. The van der Waals surface area contributed by atoms with Gasteiger partial charge in [0, 0.05) is 12.6 Å². The van der Waals surface area contributed by atoms with Crippen LogP contribution in [0.1, 0.15) is 19.3 Å². The normalized spacial score (nSPS) is 28.4. The van der Waals surface area contributed by atoms with Gasteiger partial charge in [-0.15, -0.1) is 0 Å². The smallest absolute Gasteiger partial charge is 0.308 e. The number of aliphatic carboxylic acids is 1. The average molecular weight is 233 g/mol. The molecule has 0 aromatic carbocycles. The molecule has 2 fully saturated rings. The minimum absolute atomic E-state index is 0.137. The Morgan fingerprint density at radius 3 is 2.59 bits per heavy atom. The first kappa shape index (κ1) is 10.5. The number of aromatic nitrogens is 2. The number of carboxylic acid groups (broad SMARTS) is 1. The van der Waals surface area contributed by atoms with E-state index in [0.29, 0.717) is 5.92 Å². The minimum atomic E-state index is -0.666. The van der Waals surface area contributed by atoms with Crippen molar-refractivity contribution in [1.82, 2.24) is 9.97 Å². The van der Waals surface area contributed by atoms with Gasteiger partial charge in [0.1, 0.15) is 6.33 Å². The third-order valence-electron chi connectivity index (χ3n) is 3.75. The van der Waals surface area contributed by atoms with Gasteiger partial charge in [-0.2, -0.15) is 0 Å². The molecule has 0 amide bonds. The Labute approximate surface area is 99.5 Å². The average Bonchev–Trinajstić information content (AvgIpc) is 3.08. The standard InChI is InChI=1S/C12H15N3O2/c16-12(17)10-3-4-15(11(10)8-1-2-8)9-5-13-7-14-6-9/h5-8,10-11H,1-4H2,(H,16,17)/t10-,11+/m0/s1. The summed E-state index contributed by atoms with van der Waals surface area (Å²) in [4.78, 5) is 21.5. The summed E-state index contributed by atoms with van der Waals surface area (Å²) in [6.07, 6.45) is 8.07. The summed E-state index contributed by atoms with van der Waals surface area (Å²) in [6, 6.07) is 0.137. The van der Waals surface area contributed by atoms with Crippen molar-refractivity contribution in [2.75, 3.05) is 11.4 Å². The molecule has 90 valence electrons. The Morgan fingerprint density at radius 2 is 2.00 bits per heavy atom. The Morgan fingerprint density at radius 1 is 1.29 bits per heavy atom. The van der Waals surface area contributed by atoms with Gasteiger partial charge in [0.25, 0.3) is 0 Å². The number of rotatable bonds is 3. The molecule has 5 nitrogen and oxygen atoms in total. The van der Waals surface area contributed by atoms with Crippen LogP contribution in [-0.4, -0.2) is 33.6 Å². The molecule has 3 rings (SSSR count). The van der Waals surface area contributed by atoms with E-state index in [9.17, 15) is 9.90 Å². The van der Waals surface area contributed by atoms with E-state index in [1.54, 1.807) is 12.4 Å². The molecule has 2 atom stereocenters. The van der Waals surface area contributed by atoms with Crippen molar-refractivity contribution >= 4 is 11.7 Å². The van der Waals surface area contributed by atoms with Crippen LogP contribution in [0.5, 0.6) is 0 Å². The van der Waals surface area contributed by atoms with E-state index in [1.165, 1.54) is 6.33 Å². The quantitative estimate of drug-likeness (QED) is 0.848. The van der Waals surface area contributed by atoms with E-state index in [4.69, 9.17) is 0 Å². The summed E-state index contributed by atoms with van der Waals surface area (Å²) in [6.45, 7) is 0.797. The zero-order valence-electron chi connectivity index (χ0n) is 9.49. The van der Waals surface area contributed by atoms with Crippen molar-refractivity contribution in [1.29, 1.82) is 0 Å². The topological polar surface area (TPSA) is 66.3 Å². The predicted molar refractivity (Wildman–Crippen MR) is 61.6 cm³/mol. The third-order valence-corrected chi connectivity index (χ3v) is 3.75. The highest BCUT2D eigenvalue weighted by atomic mass is 16.4. The maximum atomic E-state index is 11.3. The van der Waals surface area contributed by atoms with E-state index in [1.807, 2.05) is 0 Å². The summed E-state index contributed by atoms with van der Waals surface area (Å²) in [5.41, 5.74) is 0.952. The number of carbonyl (C=O) groups is 1. The second-order valence-electron chi connectivity index (χ2n) is 4.85. The van der Waals surface area contributed by atoms with Gasteiger partial charge in [0.15, 0.2) is 0 Å². The molecule has 0 radical (unpaired) electrons. The number of hydrogen-bond donors (Lipinski definition) is 1. The molecule has 17 heavy (non-hydrogen) atoms. The van der Waals surface area contributed by atoms with Crippen LogP contribution < -0.4 is 4.90 Å².